The number of rotatable bonds is 3. The van der Waals surface area contributed by atoms with Gasteiger partial charge in [-0.1, -0.05) is 24.3 Å². The number of benzene rings is 1. The quantitative estimate of drug-likeness (QED) is 0.811. The summed E-state index contributed by atoms with van der Waals surface area (Å²) in [4.78, 5) is 0.187. The van der Waals surface area contributed by atoms with Crippen molar-refractivity contribution >= 4 is 17.8 Å². The zero-order valence-corrected chi connectivity index (χ0v) is 8.61. The first-order chi connectivity index (χ1) is 7.01. The summed E-state index contributed by atoms with van der Waals surface area (Å²) in [5.41, 5.74) is 1.86. The van der Waals surface area contributed by atoms with Crippen molar-refractivity contribution in [3.05, 3.63) is 35.9 Å². The minimum atomic E-state index is -4.23. The fourth-order valence-electron chi connectivity index (χ4n) is 0.985. The first-order valence-corrected chi connectivity index (χ1v) is 5.05. The van der Waals surface area contributed by atoms with Crippen molar-refractivity contribution in [2.45, 2.75) is 10.4 Å². The fraction of sp³-hybridized carbons (Fsp3) is 0.200. The van der Waals surface area contributed by atoms with E-state index in [-0.39, 0.29) is 16.7 Å². The number of thioether (sulfide) groups is 1. The van der Waals surface area contributed by atoms with E-state index in [0.29, 0.717) is 6.54 Å². The third kappa shape index (κ3) is 4.90. The number of hydrogen-bond donors (Lipinski definition) is 1. The van der Waals surface area contributed by atoms with Crippen LogP contribution in [0.5, 0.6) is 0 Å². The van der Waals surface area contributed by atoms with Gasteiger partial charge in [-0.2, -0.15) is 13.2 Å². The summed E-state index contributed by atoms with van der Waals surface area (Å²) in [5.74, 6) is 0. The molecule has 0 aliphatic carbocycles. The van der Waals surface area contributed by atoms with Gasteiger partial charge in [-0.25, -0.2) is 0 Å². The summed E-state index contributed by atoms with van der Waals surface area (Å²) < 4.78 is 35.9. The smallest absolute Gasteiger partial charge is 0.327 e. The van der Waals surface area contributed by atoms with Crippen LogP contribution in [-0.4, -0.2) is 12.1 Å². The van der Waals surface area contributed by atoms with Gasteiger partial charge in [0.05, 0.1) is 0 Å². The molecule has 82 valence electrons. The van der Waals surface area contributed by atoms with E-state index in [4.69, 9.17) is 5.73 Å². The van der Waals surface area contributed by atoms with E-state index >= 15 is 0 Å². The summed E-state index contributed by atoms with van der Waals surface area (Å²) in [5, 5.41) is 0. The molecule has 0 radical (unpaired) electrons. The van der Waals surface area contributed by atoms with Gasteiger partial charge in [-0.15, -0.1) is 0 Å². The van der Waals surface area contributed by atoms with Crippen LogP contribution >= 0.6 is 11.8 Å². The SMILES string of the molecule is NCC=Cc1ccc(SC(F)(F)F)cc1. The third-order valence-corrected chi connectivity index (χ3v) is 2.30. The van der Waals surface area contributed by atoms with Gasteiger partial charge in [0.2, 0.25) is 0 Å². The monoisotopic (exact) mass is 233 g/mol. The summed E-state index contributed by atoms with van der Waals surface area (Å²) in [6.07, 6.45) is 3.51. The van der Waals surface area contributed by atoms with Crippen molar-refractivity contribution in [3.8, 4) is 0 Å². The molecule has 1 nitrogen and oxygen atoms in total. The lowest BCUT2D eigenvalue weighted by molar-refractivity contribution is -0.0328. The van der Waals surface area contributed by atoms with Gasteiger partial charge in [0.15, 0.2) is 0 Å². The molecule has 0 unspecified atom stereocenters. The van der Waals surface area contributed by atoms with E-state index in [9.17, 15) is 13.2 Å². The Morgan fingerprint density at radius 1 is 1.20 bits per heavy atom. The number of halogens is 3. The molecule has 1 aromatic carbocycles. The second-order valence-electron chi connectivity index (χ2n) is 2.75. The number of nitrogens with two attached hydrogens (primary N) is 1. The average Bonchev–Trinajstić information content (AvgIpc) is 2.14. The van der Waals surface area contributed by atoms with Crippen LogP contribution in [0.1, 0.15) is 5.56 Å². The molecule has 0 fully saturated rings. The van der Waals surface area contributed by atoms with Crippen LogP contribution in [0, 0.1) is 0 Å². The second-order valence-corrected chi connectivity index (χ2v) is 3.89. The Morgan fingerprint density at radius 3 is 2.27 bits per heavy atom. The summed E-state index contributed by atoms with van der Waals surface area (Å²) in [6, 6.07) is 6.13. The molecule has 15 heavy (non-hydrogen) atoms. The molecular weight excluding hydrogens is 223 g/mol. The van der Waals surface area contributed by atoms with Gasteiger partial charge < -0.3 is 5.73 Å². The highest BCUT2D eigenvalue weighted by Crippen LogP contribution is 2.36. The zero-order chi connectivity index (χ0) is 11.3. The highest BCUT2D eigenvalue weighted by Gasteiger charge is 2.28. The molecule has 0 saturated heterocycles. The maximum Gasteiger partial charge on any atom is 0.446 e. The Hall–Kier alpha value is -0.940. The maximum atomic E-state index is 12.0. The van der Waals surface area contributed by atoms with Gasteiger partial charge >= 0.3 is 5.51 Å². The van der Waals surface area contributed by atoms with E-state index in [1.165, 1.54) is 12.1 Å². The molecule has 0 saturated carbocycles. The molecule has 0 atom stereocenters. The Kier molecular flexibility index (Phi) is 4.23. The van der Waals surface area contributed by atoms with Gasteiger partial charge in [0, 0.05) is 11.4 Å². The lowest BCUT2D eigenvalue weighted by Crippen LogP contribution is -1.98. The normalized spacial score (nSPS) is 12.3. The van der Waals surface area contributed by atoms with Crippen molar-refractivity contribution < 1.29 is 13.2 Å². The van der Waals surface area contributed by atoms with Crippen molar-refractivity contribution in [3.63, 3.8) is 0 Å². The number of hydrogen-bond acceptors (Lipinski definition) is 2. The van der Waals surface area contributed by atoms with E-state index in [1.54, 1.807) is 24.3 Å². The van der Waals surface area contributed by atoms with Gasteiger partial charge in [-0.3, -0.25) is 0 Å². The molecular formula is C10H10F3NS. The Bertz CT molecular complexity index is 330. The summed E-state index contributed by atoms with van der Waals surface area (Å²) in [6.45, 7) is 0.416. The van der Waals surface area contributed by atoms with E-state index in [1.807, 2.05) is 0 Å². The molecule has 0 aliphatic rings. The van der Waals surface area contributed by atoms with Gasteiger partial charge in [-0.05, 0) is 29.5 Å². The average molecular weight is 233 g/mol. The number of alkyl halides is 3. The Morgan fingerprint density at radius 2 is 1.80 bits per heavy atom. The Labute approximate surface area is 90.2 Å². The molecule has 0 amide bonds. The van der Waals surface area contributed by atoms with Crippen LogP contribution < -0.4 is 5.73 Å². The molecule has 5 heteroatoms. The van der Waals surface area contributed by atoms with Crippen LogP contribution in [0.2, 0.25) is 0 Å². The van der Waals surface area contributed by atoms with E-state index < -0.39 is 5.51 Å². The largest absolute Gasteiger partial charge is 0.446 e. The van der Waals surface area contributed by atoms with Gasteiger partial charge in [0.1, 0.15) is 0 Å². The Balaban J connectivity index is 2.68. The highest BCUT2D eigenvalue weighted by molar-refractivity contribution is 8.00. The van der Waals surface area contributed by atoms with Crippen molar-refractivity contribution in [1.29, 1.82) is 0 Å². The molecule has 0 bridgehead atoms. The highest BCUT2D eigenvalue weighted by atomic mass is 32.2. The zero-order valence-electron chi connectivity index (χ0n) is 7.79. The fourth-order valence-corrected chi connectivity index (χ4v) is 1.52. The predicted molar refractivity (Wildman–Crippen MR) is 56.4 cm³/mol. The van der Waals surface area contributed by atoms with Crippen molar-refractivity contribution in [2.24, 2.45) is 5.73 Å². The predicted octanol–water partition coefficient (Wildman–Crippen LogP) is 3.27. The van der Waals surface area contributed by atoms with Crippen molar-refractivity contribution in [2.75, 3.05) is 6.54 Å². The lowest BCUT2D eigenvalue weighted by atomic mass is 10.2. The molecule has 1 rings (SSSR count). The van der Waals surface area contributed by atoms with Crippen LogP contribution in [0.4, 0.5) is 13.2 Å². The topological polar surface area (TPSA) is 26.0 Å². The minimum Gasteiger partial charge on any atom is -0.327 e. The first-order valence-electron chi connectivity index (χ1n) is 4.24. The third-order valence-electron chi connectivity index (χ3n) is 1.56. The molecule has 0 aromatic heterocycles. The van der Waals surface area contributed by atoms with Crippen LogP contribution in [0.25, 0.3) is 6.08 Å². The summed E-state index contributed by atoms with van der Waals surface area (Å²) in [7, 11) is 0. The molecule has 1 aromatic rings. The second kappa shape index (κ2) is 5.23. The molecule has 2 N–H and O–H groups in total. The molecule has 0 heterocycles. The standard InChI is InChI=1S/C10H10F3NS/c11-10(12,13)15-9-5-3-8(4-6-9)2-1-7-14/h1-6H,7,14H2. The van der Waals surface area contributed by atoms with E-state index in [2.05, 4.69) is 0 Å². The lowest BCUT2D eigenvalue weighted by Gasteiger charge is -2.05. The summed E-state index contributed by atoms with van der Waals surface area (Å²) >= 11 is -0.115. The van der Waals surface area contributed by atoms with Gasteiger partial charge in [0.25, 0.3) is 0 Å². The molecule has 0 spiro atoms. The first kappa shape index (κ1) is 12.1. The maximum absolute atomic E-state index is 12.0. The minimum absolute atomic E-state index is 0.115. The molecule has 0 aliphatic heterocycles. The van der Waals surface area contributed by atoms with Crippen LogP contribution in [0.15, 0.2) is 35.2 Å². The van der Waals surface area contributed by atoms with Crippen LogP contribution in [0.3, 0.4) is 0 Å². The van der Waals surface area contributed by atoms with Crippen molar-refractivity contribution in [1.82, 2.24) is 0 Å². The van der Waals surface area contributed by atoms with E-state index in [0.717, 1.165) is 5.56 Å². The van der Waals surface area contributed by atoms with Crippen LogP contribution in [-0.2, 0) is 0 Å².